The Hall–Kier alpha value is -2.82. The van der Waals surface area contributed by atoms with Crippen molar-refractivity contribution < 1.29 is 14.3 Å². The molecule has 0 aliphatic heterocycles. The van der Waals surface area contributed by atoms with Crippen molar-refractivity contribution in [2.75, 3.05) is 18.5 Å². The summed E-state index contributed by atoms with van der Waals surface area (Å²) in [5.41, 5.74) is 1.82. The number of carbonyl (C=O) groups excluding carboxylic acids is 2. The van der Waals surface area contributed by atoms with Crippen molar-refractivity contribution in [3.05, 3.63) is 60.2 Å². The highest BCUT2D eigenvalue weighted by molar-refractivity contribution is 5.88. The predicted octanol–water partition coefficient (Wildman–Crippen LogP) is 2.38. The van der Waals surface area contributed by atoms with Crippen molar-refractivity contribution in [1.82, 2.24) is 5.32 Å². The average molecular weight is 312 g/mol. The number of hydrogen-bond donors (Lipinski definition) is 2. The minimum atomic E-state index is -0.175. The molecule has 0 unspecified atom stereocenters. The maximum absolute atomic E-state index is 11.8. The van der Waals surface area contributed by atoms with Crippen molar-refractivity contribution in [2.45, 2.75) is 13.3 Å². The number of nitrogens with one attached hydrogen (secondary N) is 2. The normalized spacial score (nSPS) is 9.96. The Morgan fingerprint density at radius 1 is 1.04 bits per heavy atom. The van der Waals surface area contributed by atoms with Crippen molar-refractivity contribution in [3.8, 4) is 5.75 Å². The largest absolute Gasteiger partial charge is 0.484 e. The molecule has 0 heterocycles. The Kier molecular flexibility index (Phi) is 6.17. The molecule has 0 saturated carbocycles. The quantitative estimate of drug-likeness (QED) is 0.825. The molecule has 0 aliphatic rings. The number of hydrogen-bond acceptors (Lipinski definition) is 3. The summed E-state index contributed by atoms with van der Waals surface area (Å²) in [5.74, 6) is 0.209. The highest BCUT2D eigenvalue weighted by Crippen LogP contribution is 2.17. The van der Waals surface area contributed by atoms with E-state index >= 15 is 0 Å². The third kappa shape index (κ3) is 6.22. The molecule has 2 aromatic rings. The van der Waals surface area contributed by atoms with Crippen LogP contribution in [0.3, 0.4) is 0 Å². The molecule has 2 aromatic carbocycles. The first-order chi connectivity index (χ1) is 11.1. The van der Waals surface area contributed by atoms with E-state index < -0.39 is 0 Å². The summed E-state index contributed by atoms with van der Waals surface area (Å²) in [5, 5.41) is 5.48. The molecular weight excluding hydrogens is 292 g/mol. The van der Waals surface area contributed by atoms with Crippen LogP contribution >= 0.6 is 0 Å². The first-order valence-electron chi connectivity index (χ1n) is 7.44. The van der Waals surface area contributed by atoms with Gasteiger partial charge in [0, 0.05) is 25.2 Å². The van der Waals surface area contributed by atoms with E-state index in [9.17, 15) is 9.59 Å². The third-order valence-corrected chi connectivity index (χ3v) is 3.10. The van der Waals surface area contributed by atoms with E-state index in [1.165, 1.54) is 12.5 Å². The van der Waals surface area contributed by atoms with Gasteiger partial charge in [-0.2, -0.15) is 0 Å². The highest BCUT2D eigenvalue weighted by atomic mass is 16.5. The lowest BCUT2D eigenvalue weighted by Crippen LogP contribution is -2.30. The first-order valence-corrected chi connectivity index (χ1v) is 7.44. The van der Waals surface area contributed by atoms with Gasteiger partial charge in [-0.25, -0.2) is 0 Å². The Balaban J connectivity index is 1.72. The van der Waals surface area contributed by atoms with Crippen LogP contribution in [0.4, 0.5) is 5.69 Å². The van der Waals surface area contributed by atoms with Crippen LogP contribution in [0.15, 0.2) is 54.6 Å². The van der Waals surface area contributed by atoms with Crippen molar-refractivity contribution >= 4 is 17.5 Å². The number of benzene rings is 2. The maximum atomic E-state index is 11.8. The molecule has 23 heavy (non-hydrogen) atoms. The van der Waals surface area contributed by atoms with Crippen molar-refractivity contribution in [2.24, 2.45) is 0 Å². The summed E-state index contributed by atoms with van der Waals surface area (Å²) >= 11 is 0. The summed E-state index contributed by atoms with van der Waals surface area (Å²) in [6.45, 7) is 1.95. The molecule has 0 aliphatic carbocycles. The number of carbonyl (C=O) groups is 2. The van der Waals surface area contributed by atoms with Crippen molar-refractivity contribution in [3.63, 3.8) is 0 Å². The molecule has 5 nitrogen and oxygen atoms in total. The third-order valence-electron chi connectivity index (χ3n) is 3.10. The monoisotopic (exact) mass is 312 g/mol. The number of amides is 2. The van der Waals surface area contributed by atoms with E-state index in [2.05, 4.69) is 10.6 Å². The van der Waals surface area contributed by atoms with Gasteiger partial charge in [0.1, 0.15) is 5.75 Å². The second-order valence-corrected chi connectivity index (χ2v) is 5.08. The summed E-state index contributed by atoms with van der Waals surface area (Å²) in [7, 11) is 0. The lowest BCUT2D eigenvalue weighted by atomic mass is 10.1. The molecule has 0 bridgehead atoms. The summed E-state index contributed by atoms with van der Waals surface area (Å²) in [6.07, 6.45) is 0.782. The van der Waals surface area contributed by atoms with Gasteiger partial charge in [0.05, 0.1) is 0 Å². The van der Waals surface area contributed by atoms with E-state index in [0.29, 0.717) is 18.0 Å². The number of anilines is 1. The molecular formula is C18H20N2O3. The van der Waals surface area contributed by atoms with Gasteiger partial charge in [0.25, 0.3) is 5.91 Å². The molecule has 2 N–H and O–H groups in total. The second-order valence-electron chi connectivity index (χ2n) is 5.08. The van der Waals surface area contributed by atoms with E-state index in [0.717, 1.165) is 6.42 Å². The molecule has 0 saturated heterocycles. The summed E-state index contributed by atoms with van der Waals surface area (Å²) < 4.78 is 5.43. The van der Waals surface area contributed by atoms with Crippen LogP contribution in [0.25, 0.3) is 0 Å². The molecule has 0 radical (unpaired) electrons. The zero-order valence-corrected chi connectivity index (χ0v) is 13.0. The van der Waals surface area contributed by atoms with Gasteiger partial charge in [-0.3, -0.25) is 9.59 Å². The number of ether oxygens (including phenoxy) is 1. The Bertz CT molecular complexity index is 656. The highest BCUT2D eigenvalue weighted by Gasteiger charge is 2.04. The maximum Gasteiger partial charge on any atom is 0.257 e. The Labute approximate surface area is 135 Å². The molecule has 0 atom stereocenters. The van der Waals surface area contributed by atoms with Gasteiger partial charge < -0.3 is 15.4 Å². The topological polar surface area (TPSA) is 67.4 Å². The molecule has 0 spiro atoms. The molecule has 0 fully saturated rings. The van der Waals surface area contributed by atoms with Gasteiger partial charge in [-0.15, -0.1) is 0 Å². The molecule has 120 valence electrons. The lowest BCUT2D eigenvalue weighted by molar-refractivity contribution is -0.123. The second kappa shape index (κ2) is 8.58. The Morgan fingerprint density at radius 2 is 1.83 bits per heavy atom. The smallest absolute Gasteiger partial charge is 0.257 e. The van der Waals surface area contributed by atoms with Crippen LogP contribution in [-0.4, -0.2) is 25.0 Å². The van der Waals surface area contributed by atoms with Crippen LogP contribution in [0.5, 0.6) is 5.75 Å². The minimum absolute atomic E-state index is 0.0572. The standard InChI is InChI=1S/C18H20N2O3/c1-14(21)20-16-8-5-9-17(12-16)23-13-18(22)19-11-10-15-6-3-2-4-7-15/h2-9,12H,10-11,13H2,1H3,(H,19,22)(H,20,21). The van der Waals surface area contributed by atoms with Gasteiger partial charge >= 0.3 is 0 Å². The van der Waals surface area contributed by atoms with Gasteiger partial charge in [-0.05, 0) is 24.1 Å². The van der Waals surface area contributed by atoms with E-state index in [4.69, 9.17) is 4.74 Å². The van der Waals surface area contributed by atoms with Crippen LogP contribution in [0.2, 0.25) is 0 Å². The van der Waals surface area contributed by atoms with Crippen molar-refractivity contribution in [1.29, 1.82) is 0 Å². The van der Waals surface area contributed by atoms with E-state index in [-0.39, 0.29) is 18.4 Å². The van der Waals surface area contributed by atoms with E-state index in [1.807, 2.05) is 30.3 Å². The van der Waals surface area contributed by atoms with E-state index in [1.54, 1.807) is 24.3 Å². The zero-order valence-electron chi connectivity index (χ0n) is 13.0. The summed E-state index contributed by atoms with van der Waals surface area (Å²) in [4.78, 5) is 22.8. The van der Waals surface area contributed by atoms with Gasteiger partial charge in [-0.1, -0.05) is 36.4 Å². The minimum Gasteiger partial charge on any atom is -0.484 e. The summed E-state index contributed by atoms with van der Waals surface area (Å²) in [6, 6.07) is 16.9. The van der Waals surface area contributed by atoms with Gasteiger partial charge in [0.15, 0.2) is 6.61 Å². The SMILES string of the molecule is CC(=O)Nc1cccc(OCC(=O)NCCc2ccccc2)c1. The molecule has 0 aromatic heterocycles. The Morgan fingerprint density at radius 3 is 2.57 bits per heavy atom. The van der Waals surface area contributed by atoms with Crippen LogP contribution in [-0.2, 0) is 16.0 Å². The predicted molar refractivity (Wildman–Crippen MR) is 89.4 cm³/mol. The van der Waals surface area contributed by atoms with Crippen LogP contribution in [0, 0.1) is 0 Å². The van der Waals surface area contributed by atoms with Crippen LogP contribution in [0.1, 0.15) is 12.5 Å². The average Bonchev–Trinajstić information content (AvgIpc) is 2.54. The fourth-order valence-corrected chi connectivity index (χ4v) is 2.06. The van der Waals surface area contributed by atoms with Gasteiger partial charge in [0.2, 0.25) is 5.91 Å². The molecule has 5 heteroatoms. The number of rotatable bonds is 7. The first kappa shape index (κ1) is 16.5. The van der Waals surface area contributed by atoms with Crippen LogP contribution < -0.4 is 15.4 Å². The zero-order chi connectivity index (χ0) is 16.5. The molecule has 2 rings (SSSR count). The fourth-order valence-electron chi connectivity index (χ4n) is 2.06. The fraction of sp³-hybridized carbons (Fsp3) is 0.222. The molecule has 2 amide bonds. The lowest BCUT2D eigenvalue weighted by Gasteiger charge is -2.09.